The molecule has 0 aromatic carbocycles. The highest BCUT2D eigenvalue weighted by atomic mass is 16.4. The van der Waals surface area contributed by atoms with Crippen LogP contribution in [-0.4, -0.2) is 25.6 Å². The fourth-order valence-corrected chi connectivity index (χ4v) is 1.93. The van der Waals surface area contributed by atoms with Gasteiger partial charge in [-0.3, -0.25) is 4.40 Å². The van der Waals surface area contributed by atoms with E-state index in [4.69, 9.17) is 5.11 Å². The lowest BCUT2D eigenvalue weighted by Gasteiger charge is -2.16. The molecule has 2 aromatic heterocycles. The number of pyridine rings is 1. The van der Waals surface area contributed by atoms with Crippen molar-refractivity contribution >= 4 is 11.5 Å². The van der Waals surface area contributed by atoms with Gasteiger partial charge in [0.05, 0.1) is 0 Å². The largest absolute Gasteiger partial charge is 0.506 e. The Kier molecular flexibility index (Phi) is 2.77. The number of hydrogen-bond acceptors (Lipinski definition) is 3. The first-order chi connectivity index (χ1) is 8.29. The Morgan fingerprint density at radius 2 is 2.11 bits per heavy atom. The van der Waals surface area contributed by atoms with Crippen molar-refractivity contribution in [1.29, 1.82) is 0 Å². The van der Waals surface area contributed by atoms with Crippen LogP contribution in [0.5, 0.6) is 5.75 Å². The van der Waals surface area contributed by atoms with Crippen LogP contribution in [0.2, 0.25) is 0 Å². The fourth-order valence-electron chi connectivity index (χ4n) is 1.93. The lowest BCUT2D eigenvalue weighted by Crippen LogP contribution is -2.12. The molecule has 0 unspecified atom stereocenters. The van der Waals surface area contributed by atoms with Gasteiger partial charge in [-0.2, -0.15) is 0 Å². The van der Waals surface area contributed by atoms with Crippen LogP contribution in [0.25, 0.3) is 5.52 Å². The number of carboxylic acid groups (broad SMARTS) is 1. The summed E-state index contributed by atoms with van der Waals surface area (Å²) in [5.41, 5.74) is 0.138. The second-order valence-corrected chi connectivity index (χ2v) is 5.53. The third-order valence-electron chi connectivity index (χ3n) is 2.61. The molecule has 2 N–H and O–H groups in total. The zero-order valence-electron chi connectivity index (χ0n) is 10.6. The summed E-state index contributed by atoms with van der Waals surface area (Å²) >= 11 is 0. The van der Waals surface area contributed by atoms with Gasteiger partial charge >= 0.3 is 5.97 Å². The van der Waals surface area contributed by atoms with Crippen LogP contribution in [0.3, 0.4) is 0 Å². The number of fused-ring (bicyclic) bond motifs is 1. The van der Waals surface area contributed by atoms with Crippen molar-refractivity contribution in [1.82, 2.24) is 9.38 Å². The minimum absolute atomic E-state index is 0.0114. The van der Waals surface area contributed by atoms with Crippen molar-refractivity contribution in [3.8, 4) is 5.75 Å². The zero-order chi connectivity index (χ0) is 13.5. The molecule has 0 saturated heterocycles. The Hall–Kier alpha value is -2.04. The zero-order valence-corrected chi connectivity index (χ0v) is 10.6. The van der Waals surface area contributed by atoms with Gasteiger partial charge in [0.1, 0.15) is 17.1 Å². The van der Waals surface area contributed by atoms with Crippen LogP contribution in [0.4, 0.5) is 0 Å². The smallest absolute Gasteiger partial charge is 0.356 e. The van der Waals surface area contributed by atoms with Gasteiger partial charge in [0, 0.05) is 12.6 Å². The number of aromatic nitrogens is 2. The van der Waals surface area contributed by atoms with Gasteiger partial charge in [0.2, 0.25) is 0 Å². The number of aromatic hydroxyl groups is 1. The number of nitrogens with zero attached hydrogens (tertiary/aromatic N) is 2. The Balaban J connectivity index is 2.69. The molecule has 0 aliphatic carbocycles. The molecular weight excluding hydrogens is 232 g/mol. The van der Waals surface area contributed by atoms with Crippen molar-refractivity contribution in [3.63, 3.8) is 0 Å². The van der Waals surface area contributed by atoms with Crippen LogP contribution in [0, 0.1) is 5.41 Å². The Morgan fingerprint density at radius 3 is 2.67 bits per heavy atom. The van der Waals surface area contributed by atoms with Crippen LogP contribution in [0.1, 0.15) is 37.1 Å². The molecule has 0 spiro atoms. The molecule has 18 heavy (non-hydrogen) atoms. The van der Waals surface area contributed by atoms with Crippen LogP contribution >= 0.6 is 0 Å². The Bertz CT molecular complexity index is 608. The lowest BCUT2D eigenvalue weighted by molar-refractivity contribution is 0.0692. The van der Waals surface area contributed by atoms with E-state index >= 15 is 0 Å². The molecule has 0 amide bonds. The molecule has 0 radical (unpaired) electrons. The first-order valence-corrected chi connectivity index (χ1v) is 5.72. The minimum atomic E-state index is -1.13. The second-order valence-electron chi connectivity index (χ2n) is 5.53. The minimum Gasteiger partial charge on any atom is -0.506 e. The van der Waals surface area contributed by atoms with Gasteiger partial charge in [-0.1, -0.05) is 20.8 Å². The van der Waals surface area contributed by atoms with E-state index in [2.05, 4.69) is 25.8 Å². The first-order valence-electron chi connectivity index (χ1n) is 5.72. The third-order valence-corrected chi connectivity index (χ3v) is 2.61. The van der Waals surface area contributed by atoms with E-state index < -0.39 is 5.97 Å². The highest BCUT2D eigenvalue weighted by molar-refractivity contribution is 5.95. The van der Waals surface area contributed by atoms with Gasteiger partial charge < -0.3 is 10.2 Å². The van der Waals surface area contributed by atoms with Gasteiger partial charge in [-0.15, -0.1) is 0 Å². The van der Waals surface area contributed by atoms with E-state index in [1.165, 1.54) is 6.07 Å². The van der Waals surface area contributed by atoms with Crippen molar-refractivity contribution < 1.29 is 15.0 Å². The molecule has 5 heteroatoms. The molecule has 2 rings (SSSR count). The fraction of sp³-hybridized carbons (Fsp3) is 0.385. The Morgan fingerprint density at radius 1 is 1.44 bits per heavy atom. The normalized spacial score (nSPS) is 11.9. The van der Waals surface area contributed by atoms with Crippen LogP contribution in [-0.2, 0) is 6.42 Å². The number of carbonyl (C=O) groups is 1. The summed E-state index contributed by atoms with van der Waals surface area (Å²) in [5, 5.41) is 18.9. The molecule has 96 valence electrons. The second kappa shape index (κ2) is 4.01. The molecule has 0 atom stereocenters. The van der Waals surface area contributed by atoms with Gasteiger partial charge in [0.15, 0.2) is 5.69 Å². The molecule has 5 nitrogen and oxygen atoms in total. The van der Waals surface area contributed by atoms with Crippen molar-refractivity contribution in [3.05, 3.63) is 29.8 Å². The molecular formula is C13H16N2O3. The number of rotatable bonds is 2. The summed E-state index contributed by atoms with van der Waals surface area (Å²) in [6, 6.07) is 3.13. The maximum absolute atomic E-state index is 11.2. The van der Waals surface area contributed by atoms with E-state index in [-0.39, 0.29) is 22.4 Å². The summed E-state index contributed by atoms with van der Waals surface area (Å²) in [6.07, 6.45) is 2.35. The summed E-state index contributed by atoms with van der Waals surface area (Å²) in [6.45, 7) is 6.16. The van der Waals surface area contributed by atoms with Crippen molar-refractivity contribution in [2.45, 2.75) is 27.2 Å². The summed E-state index contributed by atoms with van der Waals surface area (Å²) in [7, 11) is 0. The highest BCUT2D eigenvalue weighted by Crippen LogP contribution is 2.27. The number of imidazole rings is 1. The van der Waals surface area contributed by atoms with Gasteiger partial charge in [-0.05, 0) is 17.5 Å². The van der Waals surface area contributed by atoms with E-state index in [0.29, 0.717) is 12.2 Å². The van der Waals surface area contributed by atoms with Crippen molar-refractivity contribution in [2.75, 3.05) is 0 Å². The maximum Gasteiger partial charge on any atom is 0.356 e. The standard InChI is InChI=1S/C13H16N2O3/c1-13(2,3)7-9-14-10(12(17)18)11-8(16)5-4-6-15(9)11/h4-6,16H,7H2,1-3H3,(H,17,18). The molecule has 0 saturated carbocycles. The monoisotopic (exact) mass is 248 g/mol. The van der Waals surface area contributed by atoms with E-state index in [0.717, 1.165) is 0 Å². The number of hydrogen-bond donors (Lipinski definition) is 2. The molecule has 2 aromatic rings. The average molecular weight is 248 g/mol. The lowest BCUT2D eigenvalue weighted by atomic mass is 9.92. The summed E-state index contributed by atoms with van der Waals surface area (Å²) < 4.78 is 1.64. The maximum atomic E-state index is 11.2. The predicted molar refractivity (Wildman–Crippen MR) is 67.0 cm³/mol. The van der Waals surface area contributed by atoms with Crippen LogP contribution < -0.4 is 0 Å². The average Bonchev–Trinajstić information content (AvgIpc) is 2.56. The van der Waals surface area contributed by atoms with Gasteiger partial charge in [0.25, 0.3) is 0 Å². The molecule has 0 aliphatic heterocycles. The van der Waals surface area contributed by atoms with Crippen LogP contribution in [0.15, 0.2) is 18.3 Å². The summed E-state index contributed by atoms with van der Waals surface area (Å²) in [5.74, 6) is -0.553. The molecule has 0 aliphatic rings. The van der Waals surface area contributed by atoms with Gasteiger partial charge in [-0.25, -0.2) is 9.78 Å². The quantitative estimate of drug-likeness (QED) is 0.855. The third kappa shape index (κ3) is 2.16. The molecule has 0 bridgehead atoms. The van der Waals surface area contributed by atoms with E-state index in [1.807, 2.05) is 0 Å². The topological polar surface area (TPSA) is 74.8 Å². The highest BCUT2D eigenvalue weighted by Gasteiger charge is 2.22. The predicted octanol–water partition coefficient (Wildman–Crippen LogP) is 2.33. The van der Waals surface area contributed by atoms with E-state index in [1.54, 1.807) is 16.7 Å². The number of carboxylic acids is 1. The van der Waals surface area contributed by atoms with E-state index in [9.17, 15) is 9.90 Å². The van der Waals surface area contributed by atoms with Crippen molar-refractivity contribution in [2.24, 2.45) is 5.41 Å². The molecule has 2 heterocycles. The SMILES string of the molecule is CC(C)(C)Cc1nc(C(=O)O)c2c(O)cccn12. The Labute approximate surface area is 105 Å². The summed E-state index contributed by atoms with van der Waals surface area (Å²) in [4.78, 5) is 15.3. The molecule has 0 fully saturated rings. The first kappa shape index (κ1) is 12.4. The number of aromatic carboxylic acids is 1.